The number of rotatable bonds is 3. The fourth-order valence-electron chi connectivity index (χ4n) is 2.95. The van der Waals surface area contributed by atoms with Gasteiger partial charge in [0.2, 0.25) is 0 Å². The molecule has 1 fully saturated rings. The molecule has 0 aromatic heterocycles. The lowest BCUT2D eigenvalue weighted by molar-refractivity contribution is 0.436. The van der Waals surface area contributed by atoms with Crippen LogP contribution in [0.3, 0.4) is 0 Å². The predicted molar refractivity (Wildman–Crippen MR) is 78.9 cm³/mol. The number of nitrogens with zero attached hydrogens (tertiary/aromatic N) is 1. The zero-order valence-electron chi connectivity index (χ0n) is 12.1. The number of benzene rings is 1. The minimum Gasteiger partial charge on any atom is -0.295 e. The molecule has 1 unspecified atom stereocenters. The van der Waals surface area contributed by atoms with Gasteiger partial charge in [0.25, 0.3) is 0 Å². The first-order chi connectivity index (χ1) is 9.20. The number of hydrogen-bond donors (Lipinski definition) is 1. The summed E-state index contributed by atoms with van der Waals surface area (Å²) < 4.78 is 0. The summed E-state index contributed by atoms with van der Waals surface area (Å²) in [7, 11) is 0. The molecule has 1 aliphatic carbocycles. The van der Waals surface area contributed by atoms with Crippen molar-refractivity contribution in [3.05, 3.63) is 34.9 Å². The van der Waals surface area contributed by atoms with Crippen molar-refractivity contribution in [3.8, 4) is 6.07 Å². The van der Waals surface area contributed by atoms with Gasteiger partial charge >= 0.3 is 0 Å². The van der Waals surface area contributed by atoms with Crippen LogP contribution in [-0.4, -0.2) is 6.04 Å². The maximum atomic E-state index is 9.48. The molecule has 1 saturated carbocycles. The Kier molecular flexibility index (Phi) is 4.99. The lowest BCUT2D eigenvalue weighted by Crippen LogP contribution is -2.32. The quantitative estimate of drug-likeness (QED) is 0.823. The highest BCUT2D eigenvalue weighted by molar-refractivity contribution is 5.35. The first-order valence-corrected chi connectivity index (χ1v) is 7.43. The topological polar surface area (TPSA) is 35.8 Å². The monoisotopic (exact) mass is 256 g/mol. The third-order valence-electron chi connectivity index (χ3n) is 4.13. The summed E-state index contributed by atoms with van der Waals surface area (Å²) in [6.07, 6.45) is 7.70. The lowest BCUT2D eigenvalue weighted by atomic mass is 9.98. The molecule has 0 amide bonds. The number of hydrogen-bond acceptors (Lipinski definition) is 2. The largest absolute Gasteiger partial charge is 0.295 e. The van der Waals surface area contributed by atoms with Gasteiger partial charge in [0.05, 0.1) is 6.07 Å². The van der Waals surface area contributed by atoms with Crippen molar-refractivity contribution in [3.63, 3.8) is 0 Å². The van der Waals surface area contributed by atoms with Crippen molar-refractivity contribution in [2.24, 2.45) is 0 Å². The molecule has 19 heavy (non-hydrogen) atoms. The highest BCUT2D eigenvalue weighted by Gasteiger charge is 2.19. The van der Waals surface area contributed by atoms with E-state index in [-0.39, 0.29) is 6.04 Å². The van der Waals surface area contributed by atoms with Crippen LogP contribution in [0.4, 0.5) is 0 Å². The Balaban J connectivity index is 2.11. The van der Waals surface area contributed by atoms with Crippen LogP contribution in [0.5, 0.6) is 0 Å². The first-order valence-electron chi connectivity index (χ1n) is 7.43. The molecule has 1 aromatic carbocycles. The summed E-state index contributed by atoms with van der Waals surface area (Å²) in [5.74, 6) is 0. The van der Waals surface area contributed by atoms with Crippen LogP contribution >= 0.6 is 0 Å². The van der Waals surface area contributed by atoms with E-state index in [1.54, 1.807) is 0 Å². The van der Waals surface area contributed by atoms with Crippen molar-refractivity contribution < 1.29 is 0 Å². The van der Waals surface area contributed by atoms with Crippen molar-refractivity contribution in [2.45, 2.75) is 64.5 Å². The van der Waals surface area contributed by atoms with E-state index in [0.29, 0.717) is 6.04 Å². The van der Waals surface area contributed by atoms with E-state index in [4.69, 9.17) is 0 Å². The Bertz CT molecular complexity index is 451. The number of nitrogens with one attached hydrogen (secondary N) is 1. The van der Waals surface area contributed by atoms with Gasteiger partial charge < -0.3 is 0 Å². The molecule has 0 bridgehead atoms. The zero-order valence-corrected chi connectivity index (χ0v) is 12.1. The fourth-order valence-corrected chi connectivity index (χ4v) is 2.95. The van der Waals surface area contributed by atoms with Crippen molar-refractivity contribution >= 4 is 0 Å². The lowest BCUT2D eigenvalue weighted by Gasteiger charge is -2.22. The Labute approximate surface area is 116 Å². The Hall–Kier alpha value is -1.33. The smallest absolute Gasteiger partial charge is 0.121 e. The average Bonchev–Trinajstić information content (AvgIpc) is 2.67. The highest BCUT2D eigenvalue weighted by Crippen LogP contribution is 2.23. The normalized spacial score (nSPS) is 18.6. The second-order valence-corrected chi connectivity index (χ2v) is 5.78. The van der Waals surface area contributed by atoms with Gasteiger partial charge in [-0.1, -0.05) is 49.4 Å². The van der Waals surface area contributed by atoms with Gasteiger partial charge in [-0.3, -0.25) is 5.32 Å². The standard InChI is InChI=1S/C17H24N2/c1-13-9-10-14(2)16(11-13)17(12-18)19-15-7-5-3-4-6-8-15/h9-11,15,17,19H,3-8H2,1-2H3. The zero-order chi connectivity index (χ0) is 13.7. The second kappa shape index (κ2) is 6.73. The molecule has 102 valence electrons. The van der Waals surface area contributed by atoms with Crippen LogP contribution in [0.25, 0.3) is 0 Å². The van der Waals surface area contributed by atoms with Gasteiger partial charge in [-0.2, -0.15) is 5.26 Å². The van der Waals surface area contributed by atoms with E-state index in [0.717, 1.165) is 5.56 Å². The van der Waals surface area contributed by atoms with Crippen molar-refractivity contribution in [2.75, 3.05) is 0 Å². The summed E-state index contributed by atoms with van der Waals surface area (Å²) >= 11 is 0. The number of nitriles is 1. The van der Waals surface area contributed by atoms with E-state index in [1.807, 2.05) is 0 Å². The molecular weight excluding hydrogens is 232 g/mol. The molecular formula is C17H24N2. The van der Waals surface area contributed by atoms with Crippen LogP contribution in [0.2, 0.25) is 0 Å². The van der Waals surface area contributed by atoms with Crippen LogP contribution in [-0.2, 0) is 0 Å². The maximum absolute atomic E-state index is 9.48. The Morgan fingerprint density at radius 1 is 1.16 bits per heavy atom. The Morgan fingerprint density at radius 2 is 1.84 bits per heavy atom. The minimum atomic E-state index is -0.164. The van der Waals surface area contributed by atoms with Crippen molar-refractivity contribution in [1.82, 2.24) is 5.32 Å². The van der Waals surface area contributed by atoms with Crippen molar-refractivity contribution in [1.29, 1.82) is 5.26 Å². The molecule has 2 heteroatoms. The summed E-state index contributed by atoms with van der Waals surface area (Å²) in [5.41, 5.74) is 3.58. The molecule has 1 aliphatic rings. The molecule has 1 aromatic rings. The SMILES string of the molecule is Cc1ccc(C)c(C(C#N)NC2CCCCCC2)c1. The number of aryl methyl sites for hydroxylation is 2. The van der Waals surface area contributed by atoms with Gasteiger partial charge in [-0.05, 0) is 37.8 Å². The summed E-state index contributed by atoms with van der Waals surface area (Å²) in [5, 5.41) is 13.1. The van der Waals surface area contributed by atoms with Crippen LogP contribution in [0.15, 0.2) is 18.2 Å². The second-order valence-electron chi connectivity index (χ2n) is 5.78. The molecule has 1 atom stereocenters. The van der Waals surface area contributed by atoms with Gasteiger partial charge in [0, 0.05) is 6.04 Å². The predicted octanol–water partition coefficient (Wildman–Crippen LogP) is 4.18. The summed E-state index contributed by atoms with van der Waals surface area (Å²) in [6, 6.07) is 9.16. The van der Waals surface area contributed by atoms with Crippen LogP contribution in [0, 0.1) is 25.2 Å². The third-order valence-corrected chi connectivity index (χ3v) is 4.13. The molecule has 0 heterocycles. The third kappa shape index (κ3) is 3.81. The van der Waals surface area contributed by atoms with Crippen LogP contribution < -0.4 is 5.32 Å². The van der Waals surface area contributed by atoms with E-state index >= 15 is 0 Å². The van der Waals surface area contributed by atoms with E-state index < -0.39 is 0 Å². The fraction of sp³-hybridized carbons (Fsp3) is 0.588. The van der Waals surface area contributed by atoms with Gasteiger partial charge in [0.1, 0.15) is 6.04 Å². The molecule has 0 radical (unpaired) electrons. The molecule has 2 rings (SSSR count). The molecule has 0 aliphatic heterocycles. The van der Waals surface area contributed by atoms with Gasteiger partial charge in [-0.25, -0.2) is 0 Å². The Morgan fingerprint density at radius 3 is 2.47 bits per heavy atom. The molecule has 0 spiro atoms. The maximum Gasteiger partial charge on any atom is 0.121 e. The van der Waals surface area contributed by atoms with Gasteiger partial charge in [0.15, 0.2) is 0 Å². The summed E-state index contributed by atoms with van der Waals surface area (Å²) in [6.45, 7) is 4.18. The average molecular weight is 256 g/mol. The molecule has 1 N–H and O–H groups in total. The van der Waals surface area contributed by atoms with Gasteiger partial charge in [-0.15, -0.1) is 0 Å². The van der Waals surface area contributed by atoms with Crippen LogP contribution in [0.1, 0.15) is 61.3 Å². The first kappa shape index (κ1) is 14.1. The minimum absolute atomic E-state index is 0.164. The van der Waals surface area contributed by atoms with E-state index in [9.17, 15) is 5.26 Å². The summed E-state index contributed by atoms with van der Waals surface area (Å²) in [4.78, 5) is 0. The molecule has 0 saturated heterocycles. The van der Waals surface area contributed by atoms with E-state index in [2.05, 4.69) is 43.4 Å². The highest BCUT2D eigenvalue weighted by atomic mass is 14.9. The van der Waals surface area contributed by atoms with E-state index in [1.165, 1.54) is 49.7 Å². The molecule has 2 nitrogen and oxygen atoms in total.